The van der Waals surface area contributed by atoms with E-state index in [2.05, 4.69) is 99.0 Å². The van der Waals surface area contributed by atoms with Gasteiger partial charge in [0.25, 0.3) is 0 Å². The highest BCUT2D eigenvalue weighted by atomic mass is 31.2. The van der Waals surface area contributed by atoms with Gasteiger partial charge in [-0.15, -0.1) is 0 Å². The standard InChI is InChI=1S/C63H103N2O7P/c1-7-10-13-16-19-22-25-28-30-32-34-37-40-43-46-49-52-55-62(66)64-60(59-71-73(68,69)70-58-57-65(4,5)6)61(54-51-48-45-42-39-36-27-24-21-18-15-12-9-3)72-63(67)56-53-50-47-44-41-38-35-33-31-29-26-23-20-17-14-11-8-2/h10-11,13-14,17,19-20,22-23,26,28-31,33-35,37-38,41,43,46,51,54,60-61H,7-9,12,15-16,18,21,24-25,27,32,36,39-40,42,44-45,47-50,52-53,55-59H2,1-6H3,(H-,64,66,68,69)/p+1/b13-10-,14-11-,20-17+,22-19-,26-23+,30-28-,31-29-,35-33+,37-34-,41-38+,46-43-,54-51+. The largest absolute Gasteiger partial charge is 0.472 e. The first-order valence-corrected chi connectivity index (χ1v) is 29.7. The maximum atomic E-state index is 13.5. The average Bonchev–Trinajstić information content (AvgIpc) is 3.35. The smallest absolute Gasteiger partial charge is 0.456 e. The minimum absolute atomic E-state index is 0.0129. The molecule has 0 aliphatic heterocycles. The number of phosphoric acid groups is 1. The Kier molecular flexibility index (Phi) is 48.5. The van der Waals surface area contributed by atoms with Crippen molar-refractivity contribution < 1.29 is 37.3 Å². The second-order valence-electron chi connectivity index (χ2n) is 19.5. The van der Waals surface area contributed by atoms with Crippen molar-refractivity contribution in [1.82, 2.24) is 5.32 Å². The van der Waals surface area contributed by atoms with E-state index in [4.69, 9.17) is 13.8 Å². The average molecular weight is 1030 g/mol. The van der Waals surface area contributed by atoms with Gasteiger partial charge < -0.3 is 19.4 Å². The van der Waals surface area contributed by atoms with Crippen molar-refractivity contribution in [3.05, 3.63) is 146 Å². The Morgan fingerprint density at radius 3 is 1.49 bits per heavy atom. The van der Waals surface area contributed by atoms with E-state index in [1.54, 1.807) is 0 Å². The Morgan fingerprint density at radius 2 is 0.959 bits per heavy atom. The molecule has 3 atom stereocenters. The summed E-state index contributed by atoms with van der Waals surface area (Å²) < 4.78 is 30.5. The summed E-state index contributed by atoms with van der Waals surface area (Å²) in [4.78, 5) is 37.6. The van der Waals surface area contributed by atoms with Gasteiger partial charge in [-0.05, 0) is 89.5 Å². The lowest BCUT2D eigenvalue weighted by molar-refractivity contribution is -0.870. The first kappa shape index (κ1) is 68.9. The number of amides is 1. The molecule has 0 aromatic carbocycles. The van der Waals surface area contributed by atoms with Crippen LogP contribution in [0.5, 0.6) is 0 Å². The number of nitrogens with zero attached hydrogens (tertiary/aromatic N) is 1. The minimum atomic E-state index is -4.48. The molecule has 0 heterocycles. The van der Waals surface area contributed by atoms with E-state index >= 15 is 0 Å². The Labute approximate surface area is 447 Å². The van der Waals surface area contributed by atoms with Gasteiger partial charge in [-0.2, -0.15) is 0 Å². The molecule has 73 heavy (non-hydrogen) atoms. The van der Waals surface area contributed by atoms with E-state index < -0.39 is 20.0 Å². The van der Waals surface area contributed by atoms with Crippen LogP contribution in [0.2, 0.25) is 0 Å². The Hall–Kier alpha value is -4.11. The van der Waals surface area contributed by atoms with Gasteiger partial charge in [0.2, 0.25) is 5.91 Å². The van der Waals surface area contributed by atoms with Gasteiger partial charge in [-0.25, -0.2) is 4.57 Å². The summed E-state index contributed by atoms with van der Waals surface area (Å²) in [5, 5.41) is 2.99. The molecule has 9 nitrogen and oxygen atoms in total. The number of unbranched alkanes of at least 4 members (excludes halogenated alkanes) is 15. The molecule has 412 valence electrons. The molecule has 10 heteroatoms. The van der Waals surface area contributed by atoms with Gasteiger partial charge in [-0.1, -0.05) is 231 Å². The minimum Gasteiger partial charge on any atom is -0.456 e. The number of likely N-dealkylation sites (N-methyl/N-ethyl adjacent to an activating group) is 1. The van der Waals surface area contributed by atoms with Crippen molar-refractivity contribution in [2.45, 2.75) is 200 Å². The van der Waals surface area contributed by atoms with Crippen LogP contribution in [-0.2, 0) is 27.9 Å². The predicted molar refractivity (Wildman–Crippen MR) is 313 cm³/mol. The number of allylic oxidation sites excluding steroid dienone is 23. The molecule has 0 saturated heterocycles. The Morgan fingerprint density at radius 1 is 0.507 bits per heavy atom. The molecule has 0 aromatic rings. The van der Waals surface area contributed by atoms with E-state index in [9.17, 15) is 19.0 Å². The fraction of sp³-hybridized carbons (Fsp3) is 0.587. The van der Waals surface area contributed by atoms with E-state index in [0.717, 1.165) is 83.5 Å². The van der Waals surface area contributed by atoms with Crippen LogP contribution in [0, 0.1) is 0 Å². The molecule has 0 aliphatic rings. The quantitative estimate of drug-likeness (QED) is 0.0156. The molecule has 0 radical (unpaired) electrons. The highest BCUT2D eigenvalue weighted by molar-refractivity contribution is 7.47. The maximum Gasteiger partial charge on any atom is 0.472 e. The molecular weight excluding hydrogens is 928 g/mol. The highest BCUT2D eigenvalue weighted by Crippen LogP contribution is 2.43. The summed E-state index contributed by atoms with van der Waals surface area (Å²) in [5.41, 5.74) is 0. The lowest BCUT2D eigenvalue weighted by Crippen LogP contribution is -2.47. The third-order valence-corrected chi connectivity index (χ3v) is 12.4. The monoisotopic (exact) mass is 1030 g/mol. The van der Waals surface area contributed by atoms with Crippen molar-refractivity contribution >= 4 is 19.7 Å². The van der Waals surface area contributed by atoms with Gasteiger partial charge in [0.05, 0.1) is 33.8 Å². The number of rotatable bonds is 48. The van der Waals surface area contributed by atoms with Crippen LogP contribution >= 0.6 is 7.82 Å². The normalized spacial score (nSPS) is 14.9. The molecule has 1 amide bonds. The van der Waals surface area contributed by atoms with E-state index in [0.29, 0.717) is 23.9 Å². The zero-order valence-corrected chi connectivity index (χ0v) is 47.7. The molecule has 0 aliphatic carbocycles. The second-order valence-corrected chi connectivity index (χ2v) is 20.9. The number of hydrogen-bond acceptors (Lipinski definition) is 6. The third-order valence-electron chi connectivity index (χ3n) is 11.4. The van der Waals surface area contributed by atoms with Crippen molar-refractivity contribution in [3.63, 3.8) is 0 Å². The van der Waals surface area contributed by atoms with Crippen LogP contribution in [0.15, 0.2) is 146 Å². The van der Waals surface area contributed by atoms with Gasteiger partial charge in [0.1, 0.15) is 19.3 Å². The summed E-state index contributed by atoms with van der Waals surface area (Å²) in [7, 11) is 1.41. The van der Waals surface area contributed by atoms with Gasteiger partial charge in [-0.3, -0.25) is 18.6 Å². The van der Waals surface area contributed by atoms with Crippen molar-refractivity contribution in [3.8, 4) is 0 Å². The summed E-state index contributed by atoms with van der Waals surface area (Å²) >= 11 is 0. The fourth-order valence-corrected chi connectivity index (χ4v) is 7.86. The second kappa shape index (κ2) is 51.4. The summed E-state index contributed by atoms with van der Waals surface area (Å²) in [6, 6.07) is -0.907. The lowest BCUT2D eigenvalue weighted by Gasteiger charge is -2.27. The fourth-order valence-electron chi connectivity index (χ4n) is 7.12. The summed E-state index contributed by atoms with van der Waals surface area (Å²) in [6.45, 7) is 6.64. The van der Waals surface area contributed by atoms with Crippen LogP contribution in [0.3, 0.4) is 0 Å². The Bertz CT molecular complexity index is 1760. The zero-order valence-electron chi connectivity index (χ0n) is 46.8. The Balaban J connectivity index is 5.60. The third kappa shape index (κ3) is 52.6. The van der Waals surface area contributed by atoms with Gasteiger partial charge >= 0.3 is 13.8 Å². The SMILES string of the molecule is CC\C=C/C=C/C=C/C=C\C=C\C=C\CCCCCC(=O)OC(/C=C/CCCCCCCCCCCCC)C(COP(=O)(O)OCC[N+](C)(C)C)NC(=O)CCC/C=C\C/C=C\C/C=C\C/C=C\C/C=C\CC. The molecule has 3 unspecified atom stereocenters. The molecule has 0 saturated carbocycles. The van der Waals surface area contributed by atoms with Gasteiger partial charge in [0.15, 0.2) is 0 Å². The van der Waals surface area contributed by atoms with Crippen LogP contribution in [0.4, 0.5) is 0 Å². The topological polar surface area (TPSA) is 111 Å². The lowest BCUT2D eigenvalue weighted by atomic mass is 10.0. The van der Waals surface area contributed by atoms with Crippen molar-refractivity contribution in [1.29, 1.82) is 0 Å². The molecule has 0 fully saturated rings. The number of nitrogens with one attached hydrogen (secondary N) is 1. The van der Waals surface area contributed by atoms with E-state index in [1.165, 1.54) is 57.8 Å². The zero-order chi connectivity index (χ0) is 53.6. The van der Waals surface area contributed by atoms with Gasteiger partial charge in [0, 0.05) is 12.8 Å². The molecule has 0 rings (SSSR count). The summed E-state index contributed by atoms with van der Waals surface area (Å²) in [6.07, 6.45) is 74.2. The maximum absolute atomic E-state index is 13.5. The molecule has 0 bridgehead atoms. The summed E-state index contributed by atoms with van der Waals surface area (Å²) in [5.74, 6) is -0.640. The molecule has 0 spiro atoms. The molecule has 2 N–H and O–H groups in total. The number of hydrogen-bond donors (Lipinski definition) is 2. The highest BCUT2D eigenvalue weighted by Gasteiger charge is 2.30. The van der Waals surface area contributed by atoms with E-state index in [1.807, 2.05) is 94.1 Å². The van der Waals surface area contributed by atoms with Crippen LogP contribution < -0.4 is 5.32 Å². The van der Waals surface area contributed by atoms with Crippen LogP contribution in [0.1, 0.15) is 188 Å². The number of quaternary nitrogens is 1. The number of carbonyl (C=O) groups is 2. The number of ether oxygens (including phenoxy) is 1. The molecular formula is C63H104N2O7P+. The number of esters is 1. The first-order valence-electron chi connectivity index (χ1n) is 28.2. The van der Waals surface area contributed by atoms with Crippen molar-refractivity contribution in [2.75, 3.05) is 40.9 Å². The number of carbonyl (C=O) groups excluding carboxylic acids is 2. The number of phosphoric ester groups is 1. The predicted octanol–water partition coefficient (Wildman–Crippen LogP) is 17.1. The molecule has 0 aromatic heterocycles. The van der Waals surface area contributed by atoms with Crippen LogP contribution in [0.25, 0.3) is 0 Å². The van der Waals surface area contributed by atoms with Crippen molar-refractivity contribution in [2.24, 2.45) is 0 Å². The van der Waals surface area contributed by atoms with E-state index in [-0.39, 0.29) is 37.9 Å². The van der Waals surface area contributed by atoms with Crippen LogP contribution in [-0.4, -0.2) is 74.3 Å². The first-order chi connectivity index (χ1) is 35.4.